The molecule has 17 heavy (non-hydrogen) atoms. The van der Waals surface area contributed by atoms with Crippen LogP contribution in [0, 0.1) is 0 Å². The maximum Gasteiger partial charge on any atom is 0.362 e. The minimum atomic E-state index is -3.90. The SMILES string of the molecule is OC(O)(O)C(O)(O)O.OC(O)(O)C(O)(O)O.[Sn]. The van der Waals surface area contributed by atoms with E-state index in [1.54, 1.807) is 0 Å². The van der Waals surface area contributed by atoms with Crippen molar-refractivity contribution in [1.29, 1.82) is 0 Å². The summed E-state index contributed by atoms with van der Waals surface area (Å²) in [5.41, 5.74) is 0. The topological polar surface area (TPSA) is 243 Å². The van der Waals surface area contributed by atoms with Crippen LogP contribution in [-0.2, 0) is 0 Å². The molecular weight excluding hydrogens is 359 g/mol. The van der Waals surface area contributed by atoms with Crippen molar-refractivity contribution in [2.75, 3.05) is 0 Å². The van der Waals surface area contributed by atoms with E-state index >= 15 is 0 Å². The Labute approximate surface area is 109 Å². The molecule has 0 unspecified atom stereocenters. The van der Waals surface area contributed by atoms with Gasteiger partial charge in [-0.05, 0) is 0 Å². The van der Waals surface area contributed by atoms with Crippen LogP contribution in [-0.4, -0.2) is 109 Å². The van der Waals surface area contributed by atoms with Gasteiger partial charge in [-0.15, -0.1) is 0 Å². The molecule has 4 radical (unpaired) electrons. The van der Waals surface area contributed by atoms with Crippen LogP contribution in [0.1, 0.15) is 0 Å². The summed E-state index contributed by atoms with van der Waals surface area (Å²) in [6.07, 6.45) is 0. The number of hydrogen-bond donors (Lipinski definition) is 12. The van der Waals surface area contributed by atoms with Gasteiger partial charge >= 0.3 is 23.9 Å². The van der Waals surface area contributed by atoms with Gasteiger partial charge in [-0.3, -0.25) is 0 Å². The molecule has 0 aliphatic heterocycles. The van der Waals surface area contributed by atoms with Crippen LogP contribution in [0.5, 0.6) is 0 Å². The van der Waals surface area contributed by atoms with Crippen LogP contribution in [0.2, 0.25) is 0 Å². The predicted octanol–water partition coefficient (Wildman–Crippen LogP) is -7.89. The van der Waals surface area contributed by atoms with Gasteiger partial charge in [0.25, 0.3) is 0 Å². The third-order valence-corrected chi connectivity index (χ3v) is 0.900. The standard InChI is InChI=1S/2C2H6O6.Sn/c2*3-1(4,5)2(6,7)8;/h2*3-8H;. The van der Waals surface area contributed by atoms with Gasteiger partial charge < -0.3 is 61.3 Å². The summed E-state index contributed by atoms with van der Waals surface area (Å²) in [5, 5.41) is 92.6. The first-order valence-corrected chi connectivity index (χ1v) is 3.18. The normalized spacial score (nSPS) is 13.4. The summed E-state index contributed by atoms with van der Waals surface area (Å²) in [6.45, 7) is 0. The molecular formula is C4H12O12Sn. The first-order chi connectivity index (χ1) is 6.50. The summed E-state index contributed by atoms with van der Waals surface area (Å²) >= 11 is 0. The van der Waals surface area contributed by atoms with Gasteiger partial charge in [0.15, 0.2) is 0 Å². The summed E-state index contributed by atoms with van der Waals surface area (Å²) < 4.78 is 0. The molecule has 12 nitrogen and oxygen atoms in total. The van der Waals surface area contributed by atoms with E-state index in [1.807, 2.05) is 0 Å². The van der Waals surface area contributed by atoms with Crippen LogP contribution >= 0.6 is 0 Å². The van der Waals surface area contributed by atoms with Gasteiger partial charge in [0.1, 0.15) is 0 Å². The van der Waals surface area contributed by atoms with Crippen LogP contribution in [0.3, 0.4) is 0 Å². The zero-order valence-corrected chi connectivity index (χ0v) is 10.7. The summed E-state index contributed by atoms with van der Waals surface area (Å²) in [4.78, 5) is 0. The number of rotatable bonds is 2. The number of aliphatic hydroxyl groups is 12. The second-order valence-electron chi connectivity index (χ2n) is 2.54. The molecule has 104 valence electrons. The second kappa shape index (κ2) is 6.48. The fourth-order valence-electron chi connectivity index (χ4n) is 0. The maximum atomic E-state index is 7.72. The van der Waals surface area contributed by atoms with Gasteiger partial charge in [-0.25, -0.2) is 0 Å². The minimum absolute atomic E-state index is 0. The fourth-order valence-corrected chi connectivity index (χ4v) is 0. The van der Waals surface area contributed by atoms with Crippen molar-refractivity contribution in [1.82, 2.24) is 0 Å². The first-order valence-electron chi connectivity index (χ1n) is 3.18. The van der Waals surface area contributed by atoms with Gasteiger partial charge in [0, 0.05) is 23.9 Å². The van der Waals surface area contributed by atoms with Crippen molar-refractivity contribution >= 4 is 23.9 Å². The molecule has 0 spiro atoms. The molecule has 0 fully saturated rings. The van der Waals surface area contributed by atoms with E-state index in [0.717, 1.165) is 0 Å². The monoisotopic (exact) mass is 372 g/mol. The molecule has 0 rings (SSSR count). The molecule has 0 amide bonds. The summed E-state index contributed by atoms with van der Waals surface area (Å²) in [7, 11) is 0. The maximum absolute atomic E-state index is 7.72. The number of hydrogen-bond acceptors (Lipinski definition) is 12. The molecule has 0 aromatic heterocycles. The smallest absolute Gasteiger partial charge is 0.337 e. The molecule has 0 bridgehead atoms. The Balaban J connectivity index is -0.000000218. The van der Waals surface area contributed by atoms with E-state index in [2.05, 4.69) is 0 Å². The Morgan fingerprint density at radius 1 is 0.294 bits per heavy atom. The Hall–Kier alpha value is 0.319. The molecule has 0 aliphatic carbocycles. The zero-order chi connectivity index (χ0) is 14.0. The third-order valence-electron chi connectivity index (χ3n) is 0.900. The van der Waals surface area contributed by atoms with E-state index in [9.17, 15) is 0 Å². The molecule has 0 aliphatic rings. The second-order valence-corrected chi connectivity index (χ2v) is 2.54. The van der Waals surface area contributed by atoms with Crippen molar-refractivity contribution in [3.05, 3.63) is 0 Å². The molecule has 13 heteroatoms. The zero-order valence-electron chi connectivity index (χ0n) is 7.87. The Morgan fingerprint density at radius 3 is 0.353 bits per heavy atom. The molecule has 12 N–H and O–H groups in total. The van der Waals surface area contributed by atoms with E-state index in [4.69, 9.17) is 61.3 Å². The predicted molar refractivity (Wildman–Crippen MR) is 43.3 cm³/mol. The Bertz CT molecular complexity index is 153. The molecule has 0 heterocycles. The van der Waals surface area contributed by atoms with Crippen molar-refractivity contribution < 1.29 is 61.3 Å². The van der Waals surface area contributed by atoms with E-state index < -0.39 is 23.9 Å². The van der Waals surface area contributed by atoms with Crippen LogP contribution in [0.25, 0.3) is 0 Å². The minimum Gasteiger partial charge on any atom is -0.337 e. The quantitative estimate of drug-likeness (QED) is 0.160. The van der Waals surface area contributed by atoms with Crippen molar-refractivity contribution in [3.63, 3.8) is 0 Å². The van der Waals surface area contributed by atoms with Gasteiger partial charge in [-0.1, -0.05) is 0 Å². The molecule has 0 atom stereocenters. The van der Waals surface area contributed by atoms with Gasteiger partial charge in [-0.2, -0.15) is 0 Å². The van der Waals surface area contributed by atoms with Crippen LogP contribution < -0.4 is 0 Å². The Kier molecular flexibility index (Phi) is 8.57. The van der Waals surface area contributed by atoms with Crippen LogP contribution in [0.4, 0.5) is 0 Å². The van der Waals surface area contributed by atoms with Gasteiger partial charge in [0.05, 0.1) is 0 Å². The van der Waals surface area contributed by atoms with Gasteiger partial charge in [0.2, 0.25) is 0 Å². The van der Waals surface area contributed by atoms with E-state index in [0.29, 0.717) is 0 Å². The van der Waals surface area contributed by atoms with Crippen molar-refractivity contribution in [2.45, 2.75) is 23.9 Å². The average Bonchev–Trinajstić information content (AvgIpc) is 1.77. The molecule has 0 saturated heterocycles. The molecule has 0 saturated carbocycles. The molecule has 0 aromatic carbocycles. The summed E-state index contributed by atoms with van der Waals surface area (Å²) in [5.74, 6) is -15.6. The van der Waals surface area contributed by atoms with Crippen LogP contribution in [0.15, 0.2) is 0 Å². The average molecular weight is 371 g/mol. The summed E-state index contributed by atoms with van der Waals surface area (Å²) in [6, 6.07) is 0. The van der Waals surface area contributed by atoms with E-state index in [1.165, 1.54) is 0 Å². The van der Waals surface area contributed by atoms with Crippen molar-refractivity contribution in [3.8, 4) is 0 Å². The molecule has 0 aromatic rings. The fraction of sp³-hybridized carbons (Fsp3) is 1.00. The third kappa shape index (κ3) is 9.97. The largest absolute Gasteiger partial charge is 0.362 e. The first kappa shape index (κ1) is 22.5. The van der Waals surface area contributed by atoms with Crippen molar-refractivity contribution in [2.24, 2.45) is 0 Å². The van der Waals surface area contributed by atoms with E-state index in [-0.39, 0.29) is 23.9 Å². The Morgan fingerprint density at radius 2 is 0.353 bits per heavy atom.